The molecule has 5 rings (SSSR count). The van der Waals surface area contributed by atoms with Gasteiger partial charge in [-0.25, -0.2) is 14.2 Å². The van der Waals surface area contributed by atoms with Gasteiger partial charge in [0.25, 0.3) is 5.56 Å². The lowest BCUT2D eigenvalue weighted by molar-refractivity contribution is -0.138. The van der Waals surface area contributed by atoms with Gasteiger partial charge in [-0.3, -0.25) is 14.2 Å². The average Bonchev–Trinajstić information content (AvgIpc) is 3.67. The Labute approximate surface area is 260 Å². The first kappa shape index (κ1) is 31.9. The predicted octanol–water partition coefficient (Wildman–Crippen LogP) is 4.01. The lowest BCUT2D eigenvalue weighted by atomic mass is 10.0. The van der Waals surface area contributed by atoms with Crippen LogP contribution in [0.15, 0.2) is 33.9 Å². The van der Waals surface area contributed by atoms with Gasteiger partial charge in [-0.1, -0.05) is 18.2 Å². The lowest BCUT2D eigenvalue weighted by Crippen LogP contribution is -2.56. The number of benzene rings is 1. The van der Waals surface area contributed by atoms with Gasteiger partial charge in [0.2, 0.25) is 5.91 Å². The van der Waals surface area contributed by atoms with E-state index in [0.717, 1.165) is 34.3 Å². The van der Waals surface area contributed by atoms with E-state index in [-0.39, 0.29) is 35.4 Å². The Balaban J connectivity index is 1.73. The molecule has 0 unspecified atom stereocenters. The zero-order valence-electron chi connectivity index (χ0n) is 26.1. The zero-order valence-corrected chi connectivity index (χ0v) is 26.9. The number of rotatable bonds is 10. The van der Waals surface area contributed by atoms with E-state index in [1.807, 2.05) is 24.3 Å². The number of esters is 1. The van der Waals surface area contributed by atoms with Gasteiger partial charge < -0.3 is 23.8 Å². The topological polar surface area (TPSA) is 118 Å². The largest absolute Gasteiger partial charge is 0.496 e. The summed E-state index contributed by atoms with van der Waals surface area (Å²) in [7, 11) is 1.58. The number of para-hydroxylation sites is 1. The third-order valence-electron chi connectivity index (χ3n) is 8.51. The second-order valence-corrected chi connectivity index (χ2v) is 12.7. The number of ether oxygens (including phenoxy) is 4. The van der Waals surface area contributed by atoms with Crippen LogP contribution in [0.3, 0.4) is 0 Å². The van der Waals surface area contributed by atoms with Gasteiger partial charge in [0, 0.05) is 31.9 Å². The van der Waals surface area contributed by atoms with Crippen LogP contribution in [0, 0.1) is 6.92 Å². The number of methoxy groups -OCH3 is 1. The van der Waals surface area contributed by atoms with Gasteiger partial charge in [-0.05, 0) is 65.0 Å². The molecule has 11 nitrogen and oxygen atoms in total. The minimum Gasteiger partial charge on any atom is -0.496 e. The number of aryl methyl sites for hydroxylation is 1. The van der Waals surface area contributed by atoms with Crippen LogP contribution in [-0.2, 0) is 31.1 Å². The van der Waals surface area contributed by atoms with E-state index in [1.165, 1.54) is 4.57 Å². The van der Waals surface area contributed by atoms with E-state index >= 15 is 0 Å². The van der Waals surface area contributed by atoms with Crippen LogP contribution in [0.1, 0.15) is 73.4 Å². The molecule has 0 N–H and O–H groups in total. The third-order valence-corrected chi connectivity index (χ3v) is 9.80. The van der Waals surface area contributed by atoms with Crippen LogP contribution in [0.4, 0.5) is 0 Å². The molecule has 2 aliphatic heterocycles. The zero-order chi connectivity index (χ0) is 31.6. The van der Waals surface area contributed by atoms with Crippen molar-refractivity contribution in [3.8, 4) is 5.75 Å². The number of thiophene rings is 1. The number of nitrogens with zero attached hydrogens (tertiary/aromatic N) is 3. The predicted molar refractivity (Wildman–Crippen MR) is 167 cm³/mol. The normalized spacial score (nSPS) is 16.8. The van der Waals surface area contributed by atoms with Crippen molar-refractivity contribution in [2.75, 3.05) is 40.0 Å². The van der Waals surface area contributed by atoms with Crippen molar-refractivity contribution < 1.29 is 28.5 Å². The van der Waals surface area contributed by atoms with E-state index in [2.05, 4.69) is 0 Å². The first-order valence-electron chi connectivity index (χ1n) is 15.2. The molecule has 0 radical (unpaired) electrons. The van der Waals surface area contributed by atoms with E-state index < -0.39 is 28.9 Å². The van der Waals surface area contributed by atoms with Crippen molar-refractivity contribution in [2.45, 2.75) is 77.7 Å². The van der Waals surface area contributed by atoms with Gasteiger partial charge in [0.1, 0.15) is 27.1 Å². The highest BCUT2D eigenvalue weighted by atomic mass is 32.1. The Kier molecular flexibility index (Phi) is 9.62. The average molecular weight is 628 g/mol. The first-order chi connectivity index (χ1) is 21.1. The first-order valence-corrected chi connectivity index (χ1v) is 16.0. The molecule has 238 valence electrons. The number of fused-ring (bicyclic) bond motifs is 1. The molecule has 12 heteroatoms. The Bertz CT molecular complexity index is 1640. The third kappa shape index (κ3) is 5.94. The summed E-state index contributed by atoms with van der Waals surface area (Å²) in [5.41, 5.74) is -1.58. The smallest absolute Gasteiger partial charge is 0.348 e. The summed E-state index contributed by atoms with van der Waals surface area (Å²) in [6.45, 7) is 9.07. The summed E-state index contributed by atoms with van der Waals surface area (Å²) >= 11 is 1.05. The number of amides is 1. The maximum Gasteiger partial charge on any atom is 0.348 e. The minimum atomic E-state index is -1.48. The molecule has 0 spiro atoms. The molecule has 2 saturated heterocycles. The Hall–Kier alpha value is -3.48. The maximum absolute atomic E-state index is 14.5. The molecule has 1 amide bonds. The molecule has 0 saturated carbocycles. The molecule has 0 bridgehead atoms. The van der Waals surface area contributed by atoms with E-state index in [4.69, 9.17) is 18.9 Å². The highest BCUT2D eigenvalue weighted by molar-refractivity contribution is 7.20. The summed E-state index contributed by atoms with van der Waals surface area (Å²) in [4.78, 5) is 57.8. The van der Waals surface area contributed by atoms with Gasteiger partial charge in [0.05, 0.1) is 31.8 Å². The molecule has 2 aliphatic rings. The fourth-order valence-corrected chi connectivity index (χ4v) is 7.35. The standard InChI is InChI=1S/C32H41N3O8S/c1-6-42-29(37)26-20(2)25-27(36)35(32(3,4)30(38)33-15-9-10-16-33)31(39)34(28(25)44-26)19-24(43-21-13-17-41-18-14-21)22-11-7-8-12-23(22)40-5/h7-8,11-12,21,24H,6,9-10,13-19H2,1-5H3/t24-/m0/s1. The van der Waals surface area contributed by atoms with Crippen LogP contribution in [0.2, 0.25) is 0 Å². The van der Waals surface area contributed by atoms with Crippen LogP contribution in [0.5, 0.6) is 5.75 Å². The van der Waals surface area contributed by atoms with Crippen molar-refractivity contribution in [2.24, 2.45) is 0 Å². The molecule has 0 aliphatic carbocycles. The van der Waals surface area contributed by atoms with Gasteiger partial charge in [-0.2, -0.15) is 0 Å². The summed E-state index contributed by atoms with van der Waals surface area (Å²) in [6, 6.07) is 7.47. The Morgan fingerprint density at radius 3 is 2.45 bits per heavy atom. The quantitative estimate of drug-likeness (QED) is 0.310. The van der Waals surface area contributed by atoms with Gasteiger partial charge in [-0.15, -0.1) is 11.3 Å². The highest BCUT2D eigenvalue weighted by Crippen LogP contribution is 2.35. The summed E-state index contributed by atoms with van der Waals surface area (Å²) < 4.78 is 25.7. The molecule has 4 heterocycles. The van der Waals surface area contributed by atoms with Gasteiger partial charge in [0.15, 0.2) is 0 Å². The fraction of sp³-hybridized carbons (Fsp3) is 0.562. The molecular weight excluding hydrogens is 586 g/mol. The second-order valence-electron chi connectivity index (χ2n) is 11.7. The van der Waals surface area contributed by atoms with Crippen LogP contribution >= 0.6 is 11.3 Å². The van der Waals surface area contributed by atoms with Crippen molar-refractivity contribution >= 4 is 33.4 Å². The molecule has 2 aromatic heterocycles. The molecule has 44 heavy (non-hydrogen) atoms. The maximum atomic E-state index is 14.5. The number of carbonyl (C=O) groups excluding carboxylic acids is 2. The number of carbonyl (C=O) groups is 2. The van der Waals surface area contributed by atoms with E-state index in [0.29, 0.717) is 55.3 Å². The van der Waals surface area contributed by atoms with Gasteiger partial charge >= 0.3 is 11.7 Å². The summed E-state index contributed by atoms with van der Waals surface area (Å²) in [5, 5.41) is 0.213. The number of aromatic nitrogens is 2. The number of hydrogen-bond acceptors (Lipinski definition) is 9. The second kappa shape index (κ2) is 13.3. The van der Waals surface area contributed by atoms with Crippen molar-refractivity contribution in [1.82, 2.24) is 14.0 Å². The van der Waals surface area contributed by atoms with Crippen LogP contribution < -0.4 is 16.0 Å². The van der Waals surface area contributed by atoms with E-state index in [1.54, 1.807) is 39.7 Å². The number of hydrogen-bond donors (Lipinski definition) is 0. The highest BCUT2D eigenvalue weighted by Gasteiger charge is 2.39. The minimum absolute atomic E-state index is 0.0174. The van der Waals surface area contributed by atoms with Crippen molar-refractivity contribution in [3.63, 3.8) is 0 Å². The number of likely N-dealkylation sites (tertiary alicyclic amines) is 1. The molecule has 1 aromatic carbocycles. The van der Waals surface area contributed by atoms with E-state index in [9.17, 15) is 19.2 Å². The molecule has 2 fully saturated rings. The Morgan fingerprint density at radius 1 is 1.11 bits per heavy atom. The monoisotopic (exact) mass is 627 g/mol. The fourth-order valence-electron chi connectivity index (χ4n) is 6.15. The lowest BCUT2D eigenvalue weighted by Gasteiger charge is -2.32. The SMILES string of the molecule is CCOC(=O)c1sc2c(c1C)c(=O)n(C(C)(C)C(=O)N1CCCC1)c(=O)n2C[C@H](OC1CCOCC1)c1ccccc1OC. The van der Waals surface area contributed by atoms with Crippen molar-refractivity contribution in [3.05, 3.63) is 61.1 Å². The Morgan fingerprint density at radius 2 is 1.80 bits per heavy atom. The molecule has 3 aromatic rings. The molecular formula is C32H41N3O8S. The van der Waals surface area contributed by atoms with Crippen LogP contribution in [0.25, 0.3) is 10.2 Å². The van der Waals surface area contributed by atoms with Crippen molar-refractivity contribution in [1.29, 1.82) is 0 Å². The summed E-state index contributed by atoms with van der Waals surface area (Å²) in [5.74, 6) is -0.261. The molecule has 1 atom stereocenters. The summed E-state index contributed by atoms with van der Waals surface area (Å²) in [6.07, 6.45) is 2.36. The van der Waals surface area contributed by atoms with Crippen LogP contribution in [-0.4, -0.2) is 72.0 Å².